The highest BCUT2D eigenvalue weighted by Gasteiger charge is 2.39. The SMILES string of the molecule is NC1([N+](=O)[O-])C=CC(N=Nc2ccccc2)=C(COCC(F)(F)F)C1. The average Bonchev–Trinajstić information content (AvgIpc) is 2.54. The molecule has 1 atom stereocenters. The van der Waals surface area contributed by atoms with Crippen LogP contribution in [0.15, 0.2) is 64.0 Å². The maximum absolute atomic E-state index is 12.2. The van der Waals surface area contributed by atoms with Gasteiger partial charge in [0.25, 0.3) is 5.66 Å². The quantitative estimate of drug-likeness (QED) is 0.365. The molecule has 0 aliphatic heterocycles. The molecule has 1 aromatic rings. The van der Waals surface area contributed by atoms with Crippen molar-refractivity contribution < 1.29 is 22.8 Å². The van der Waals surface area contributed by atoms with Gasteiger partial charge >= 0.3 is 6.18 Å². The van der Waals surface area contributed by atoms with E-state index in [1.54, 1.807) is 30.3 Å². The molecule has 10 heteroatoms. The molecule has 1 unspecified atom stereocenters. The number of rotatable bonds is 6. The van der Waals surface area contributed by atoms with Crippen LogP contribution in [-0.2, 0) is 4.74 Å². The summed E-state index contributed by atoms with van der Waals surface area (Å²) in [7, 11) is 0. The molecule has 0 spiro atoms. The van der Waals surface area contributed by atoms with Crippen LogP contribution in [0.25, 0.3) is 0 Å². The second kappa shape index (κ2) is 7.53. The fraction of sp³-hybridized carbons (Fsp3) is 0.333. The van der Waals surface area contributed by atoms with Crippen LogP contribution < -0.4 is 5.73 Å². The van der Waals surface area contributed by atoms with E-state index >= 15 is 0 Å². The first kappa shape index (κ1) is 18.7. The van der Waals surface area contributed by atoms with E-state index in [4.69, 9.17) is 5.73 Å². The number of halogens is 3. The largest absolute Gasteiger partial charge is 0.411 e. The number of hydrogen-bond acceptors (Lipinski definition) is 6. The van der Waals surface area contributed by atoms with Gasteiger partial charge in [0.2, 0.25) is 0 Å². The molecular weight excluding hydrogens is 341 g/mol. The Morgan fingerprint density at radius 1 is 1.28 bits per heavy atom. The van der Waals surface area contributed by atoms with Crippen molar-refractivity contribution in [2.24, 2.45) is 16.0 Å². The Labute approximate surface area is 140 Å². The molecule has 0 radical (unpaired) electrons. The van der Waals surface area contributed by atoms with E-state index in [2.05, 4.69) is 15.0 Å². The molecule has 0 heterocycles. The number of alkyl halides is 3. The van der Waals surface area contributed by atoms with E-state index in [1.165, 1.54) is 6.08 Å². The van der Waals surface area contributed by atoms with Gasteiger partial charge in [0.15, 0.2) is 0 Å². The number of nitrogens with zero attached hydrogens (tertiary/aromatic N) is 3. The Kier molecular flexibility index (Phi) is 5.65. The lowest BCUT2D eigenvalue weighted by atomic mass is 9.94. The maximum atomic E-state index is 12.2. The van der Waals surface area contributed by atoms with Crippen LogP contribution in [0.4, 0.5) is 18.9 Å². The molecule has 134 valence electrons. The van der Waals surface area contributed by atoms with Crippen molar-refractivity contribution in [1.82, 2.24) is 0 Å². The van der Waals surface area contributed by atoms with Crippen molar-refractivity contribution in [3.8, 4) is 0 Å². The van der Waals surface area contributed by atoms with Crippen LogP contribution in [0.3, 0.4) is 0 Å². The van der Waals surface area contributed by atoms with E-state index in [0.29, 0.717) is 5.69 Å². The van der Waals surface area contributed by atoms with Crippen molar-refractivity contribution in [2.45, 2.75) is 18.3 Å². The molecule has 2 N–H and O–H groups in total. The molecule has 0 amide bonds. The summed E-state index contributed by atoms with van der Waals surface area (Å²) >= 11 is 0. The number of allylic oxidation sites excluding steroid dienone is 1. The second-order valence-electron chi connectivity index (χ2n) is 5.39. The summed E-state index contributed by atoms with van der Waals surface area (Å²) in [4.78, 5) is 10.4. The first-order valence-electron chi connectivity index (χ1n) is 7.15. The molecule has 0 aromatic heterocycles. The molecule has 0 bridgehead atoms. The number of hydrogen-bond donors (Lipinski definition) is 1. The van der Waals surface area contributed by atoms with E-state index in [-0.39, 0.29) is 17.7 Å². The summed E-state index contributed by atoms with van der Waals surface area (Å²) < 4.78 is 41.3. The van der Waals surface area contributed by atoms with Crippen molar-refractivity contribution in [1.29, 1.82) is 0 Å². The molecule has 1 aliphatic carbocycles. The van der Waals surface area contributed by atoms with Gasteiger partial charge in [-0.25, -0.2) is 0 Å². The second-order valence-corrected chi connectivity index (χ2v) is 5.39. The number of azo groups is 1. The Morgan fingerprint density at radius 2 is 1.96 bits per heavy atom. The number of benzene rings is 1. The van der Waals surface area contributed by atoms with Gasteiger partial charge in [0, 0.05) is 11.0 Å². The third-order valence-electron chi connectivity index (χ3n) is 3.30. The van der Waals surface area contributed by atoms with Crippen LogP contribution in [-0.4, -0.2) is 30.0 Å². The first-order chi connectivity index (χ1) is 11.7. The molecule has 0 saturated heterocycles. The zero-order valence-corrected chi connectivity index (χ0v) is 12.9. The molecule has 0 saturated carbocycles. The van der Waals surface area contributed by atoms with Crippen LogP contribution in [0.5, 0.6) is 0 Å². The predicted molar refractivity (Wildman–Crippen MR) is 82.5 cm³/mol. The van der Waals surface area contributed by atoms with Gasteiger partial charge < -0.3 is 4.74 Å². The smallest absolute Gasteiger partial charge is 0.368 e. The van der Waals surface area contributed by atoms with E-state index in [1.807, 2.05) is 0 Å². The predicted octanol–water partition coefficient (Wildman–Crippen LogP) is 3.49. The van der Waals surface area contributed by atoms with Crippen molar-refractivity contribution in [2.75, 3.05) is 13.2 Å². The molecule has 1 aliphatic rings. The lowest BCUT2D eigenvalue weighted by Gasteiger charge is -2.23. The summed E-state index contributed by atoms with van der Waals surface area (Å²) in [6, 6.07) is 8.63. The highest BCUT2D eigenvalue weighted by atomic mass is 19.4. The van der Waals surface area contributed by atoms with Crippen LogP contribution in [0.1, 0.15) is 6.42 Å². The highest BCUT2D eigenvalue weighted by molar-refractivity contribution is 5.37. The van der Waals surface area contributed by atoms with Gasteiger partial charge in [0.1, 0.15) is 6.61 Å². The van der Waals surface area contributed by atoms with Gasteiger partial charge in [-0.15, -0.1) is 0 Å². The number of nitro groups is 1. The topological polar surface area (TPSA) is 103 Å². The van der Waals surface area contributed by atoms with Gasteiger partial charge in [0.05, 0.1) is 24.4 Å². The van der Waals surface area contributed by atoms with E-state index < -0.39 is 30.0 Å². The average molecular weight is 356 g/mol. The summed E-state index contributed by atoms with van der Waals surface area (Å²) in [5, 5.41) is 19.0. The lowest BCUT2D eigenvalue weighted by molar-refractivity contribution is -0.554. The zero-order chi connectivity index (χ0) is 18.5. The Morgan fingerprint density at radius 3 is 2.56 bits per heavy atom. The fourth-order valence-electron chi connectivity index (χ4n) is 2.08. The zero-order valence-electron chi connectivity index (χ0n) is 12.9. The molecular formula is C15H15F3N4O3. The molecule has 0 fully saturated rings. The Hall–Kier alpha value is -2.59. The summed E-state index contributed by atoms with van der Waals surface area (Å²) in [6.45, 7) is -1.96. The van der Waals surface area contributed by atoms with Gasteiger partial charge in [-0.05, 0) is 23.8 Å². The van der Waals surface area contributed by atoms with Crippen molar-refractivity contribution >= 4 is 5.69 Å². The standard InChI is InChI=1S/C15H15F3N4O3/c16-15(17,18)10-25-9-11-8-14(19,22(23)24)7-6-13(11)21-20-12-4-2-1-3-5-12/h1-7H,8-10,19H2. The third kappa shape index (κ3) is 5.47. The highest BCUT2D eigenvalue weighted by Crippen LogP contribution is 2.28. The van der Waals surface area contributed by atoms with E-state index in [0.717, 1.165) is 6.08 Å². The Bertz CT molecular complexity index is 716. The summed E-state index contributed by atoms with van der Waals surface area (Å²) in [6.07, 6.45) is -2.41. The fourth-order valence-corrected chi connectivity index (χ4v) is 2.08. The summed E-state index contributed by atoms with van der Waals surface area (Å²) in [5.74, 6) is 0. The monoisotopic (exact) mass is 356 g/mol. The minimum absolute atomic E-state index is 0.172. The summed E-state index contributed by atoms with van der Waals surface area (Å²) in [5.41, 5.74) is 4.62. The molecule has 2 rings (SSSR count). The van der Waals surface area contributed by atoms with Gasteiger partial charge in [-0.2, -0.15) is 23.4 Å². The number of nitrogens with two attached hydrogens (primary N) is 1. The first-order valence-corrected chi connectivity index (χ1v) is 7.15. The molecule has 7 nitrogen and oxygen atoms in total. The van der Waals surface area contributed by atoms with Gasteiger partial charge in [-0.3, -0.25) is 15.8 Å². The van der Waals surface area contributed by atoms with Crippen LogP contribution >= 0.6 is 0 Å². The molecule has 25 heavy (non-hydrogen) atoms. The van der Waals surface area contributed by atoms with Crippen molar-refractivity contribution in [3.05, 3.63) is 63.9 Å². The van der Waals surface area contributed by atoms with Gasteiger partial charge in [-0.1, -0.05) is 18.2 Å². The maximum Gasteiger partial charge on any atom is 0.411 e. The van der Waals surface area contributed by atoms with Crippen LogP contribution in [0, 0.1) is 10.1 Å². The minimum Gasteiger partial charge on any atom is -0.368 e. The Balaban J connectivity index is 2.21. The normalized spacial score (nSPS) is 21.1. The van der Waals surface area contributed by atoms with Crippen molar-refractivity contribution in [3.63, 3.8) is 0 Å². The third-order valence-corrected chi connectivity index (χ3v) is 3.30. The lowest BCUT2D eigenvalue weighted by Crippen LogP contribution is -2.47. The van der Waals surface area contributed by atoms with Crippen LogP contribution in [0.2, 0.25) is 0 Å². The minimum atomic E-state index is -4.50. The number of ether oxygens (including phenoxy) is 1. The molecule has 1 aromatic carbocycles. The van der Waals surface area contributed by atoms with E-state index in [9.17, 15) is 23.3 Å².